The molecule has 2 heterocycles. The van der Waals surface area contributed by atoms with Crippen molar-refractivity contribution in [1.82, 2.24) is 10.4 Å². The summed E-state index contributed by atoms with van der Waals surface area (Å²) in [6, 6.07) is 1.62. The number of aromatic nitrogens is 1. The Hall–Kier alpha value is -1.82. The molecule has 0 saturated carbocycles. The molecular weight excluding hydrogens is 158 g/mol. The van der Waals surface area contributed by atoms with Crippen molar-refractivity contribution in [3.63, 3.8) is 0 Å². The van der Waals surface area contributed by atoms with Crippen LogP contribution in [0.15, 0.2) is 23.5 Å². The number of nitrogens with zero attached hydrogens (tertiary/aromatic N) is 3. The number of aliphatic imine (C=N–C) groups is 1. The van der Waals surface area contributed by atoms with Crippen LogP contribution in [0.2, 0.25) is 0 Å². The molecule has 0 aromatic carbocycles. The Morgan fingerprint density at radius 3 is 3.25 bits per heavy atom. The van der Waals surface area contributed by atoms with Crippen LogP contribution in [-0.4, -0.2) is 10.9 Å². The van der Waals surface area contributed by atoms with Gasteiger partial charge in [-0.05, 0) is 6.07 Å². The molecule has 12 heavy (non-hydrogen) atoms. The second kappa shape index (κ2) is 2.35. The third-order valence-electron chi connectivity index (χ3n) is 1.45. The minimum atomic E-state index is 0.0868. The summed E-state index contributed by atoms with van der Waals surface area (Å²) in [7, 11) is 0. The van der Waals surface area contributed by atoms with E-state index in [2.05, 4.69) is 15.4 Å². The fourth-order valence-electron chi connectivity index (χ4n) is 0.949. The Morgan fingerprint density at radius 2 is 2.42 bits per heavy atom. The smallest absolute Gasteiger partial charge is 0.212 e. The molecule has 0 saturated heterocycles. The second-order valence-electron chi connectivity index (χ2n) is 2.27. The maximum absolute atomic E-state index is 11.1. The summed E-state index contributed by atoms with van der Waals surface area (Å²) in [5, 5.41) is 11.6. The lowest BCUT2D eigenvalue weighted by atomic mass is 10.3. The van der Waals surface area contributed by atoms with E-state index in [1.54, 1.807) is 12.3 Å². The number of hydrogen-bond donors (Lipinski definition) is 2. The van der Waals surface area contributed by atoms with E-state index in [0.717, 1.165) is 0 Å². The molecule has 3 N–H and O–H groups in total. The molecule has 1 aliphatic heterocycles. The quantitative estimate of drug-likeness (QED) is 0.556. The van der Waals surface area contributed by atoms with Crippen LogP contribution in [0.1, 0.15) is 0 Å². The monoisotopic (exact) mass is 164 g/mol. The topological polar surface area (TPSA) is 89.6 Å². The van der Waals surface area contributed by atoms with E-state index in [0.29, 0.717) is 16.5 Å². The summed E-state index contributed by atoms with van der Waals surface area (Å²) < 4.78 is 0. The van der Waals surface area contributed by atoms with Crippen molar-refractivity contribution in [3.05, 3.63) is 23.7 Å². The fourth-order valence-corrected chi connectivity index (χ4v) is 0.949. The van der Waals surface area contributed by atoms with Crippen LogP contribution < -0.4 is 16.3 Å². The molecule has 0 amide bonds. The third kappa shape index (κ3) is 0.940. The highest BCUT2D eigenvalue weighted by atomic mass is 16.5. The molecule has 6 heteroatoms. The van der Waals surface area contributed by atoms with E-state index in [4.69, 9.17) is 5.73 Å². The van der Waals surface area contributed by atoms with E-state index in [-0.39, 0.29) is 5.96 Å². The van der Waals surface area contributed by atoms with Gasteiger partial charge in [-0.15, -0.1) is 0 Å². The van der Waals surface area contributed by atoms with Gasteiger partial charge in [-0.3, -0.25) is 10.4 Å². The number of rotatable bonds is 0. The van der Waals surface area contributed by atoms with Crippen molar-refractivity contribution in [2.45, 2.75) is 0 Å². The van der Waals surface area contributed by atoms with Gasteiger partial charge in [0.05, 0.1) is 17.6 Å². The van der Waals surface area contributed by atoms with Gasteiger partial charge in [0.2, 0.25) is 5.96 Å². The molecule has 6 nitrogen and oxygen atoms in total. The third-order valence-corrected chi connectivity index (χ3v) is 1.45. The molecule has 1 aromatic rings. The van der Waals surface area contributed by atoms with Gasteiger partial charge in [0, 0.05) is 6.20 Å². The van der Waals surface area contributed by atoms with Gasteiger partial charge < -0.3 is 16.1 Å². The number of nitrogens with one attached hydrogen (secondary N) is 1. The normalized spacial score (nSPS) is 14.8. The molecule has 0 spiro atoms. The van der Waals surface area contributed by atoms with E-state index in [1.165, 1.54) is 6.20 Å². The molecule has 0 aliphatic carbocycles. The molecule has 0 atom stereocenters. The number of anilines is 1. The first-order valence-corrected chi connectivity index (χ1v) is 3.29. The molecule has 1 aliphatic rings. The highest BCUT2D eigenvalue weighted by molar-refractivity contribution is 5.88. The zero-order valence-corrected chi connectivity index (χ0v) is 6.06. The predicted molar refractivity (Wildman–Crippen MR) is 44.5 cm³/mol. The van der Waals surface area contributed by atoms with Crippen LogP contribution in [0.4, 0.5) is 11.4 Å². The van der Waals surface area contributed by atoms with Crippen LogP contribution >= 0.6 is 0 Å². The number of nitrogens with two attached hydrogens (primary N) is 1. The van der Waals surface area contributed by atoms with E-state index < -0.39 is 0 Å². The Bertz CT molecular complexity index is 336. The lowest BCUT2D eigenvalue weighted by Gasteiger charge is -2.34. The Labute approximate surface area is 68.3 Å². The van der Waals surface area contributed by atoms with Crippen LogP contribution in [-0.2, 0) is 0 Å². The maximum Gasteiger partial charge on any atom is 0.212 e. The van der Waals surface area contributed by atoms with E-state index >= 15 is 0 Å². The summed E-state index contributed by atoms with van der Waals surface area (Å²) in [4.78, 5) is 7.68. The fraction of sp³-hybridized carbons (Fsp3) is 0. The number of hydrazine groups is 1. The van der Waals surface area contributed by atoms with Gasteiger partial charge in [-0.2, -0.15) is 0 Å². The van der Waals surface area contributed by atoms with Gasteiger partial charge in [-0.1, -0.05) is 0 Å². The average molecular weight is 164 g/mol. The minimum absolute atomic E-state index is 0.0868. The van der Waals surface area contributed by atoms with Crippen LogP contribution in [0.5, 0.6) is 0 Å². The van der Waals surface area contributed by atoms with Crippen molar-refractivity contribution >= 4 is 17.3 Å². The first-order valence-electron chi connectivity index (χ1n) is 3.29. The van der Waals surface area contributed by atoms with Gasteiger partial charge in [-0.25, -0.2) is 4.99 Å². The van der Waals surface area contributed by atoms with Crippen molar-refractivity contribution in [2.24, 2.45) is 10.7 Å². The Balaban J connectivity index is 2.55. The van der Waals surface area contributed by atoms with Crippen molar-refractivity contribution in [2.75, 3.05) is 5.17 Å². The van der Waals surface area contributed by atoms with E-state index in [1.807, 2.05) is 0 Å². The largest absolute Gasteiger partial charge is 0.739 e. The summed E-state index contributed by atoms with van der Waals surface area (Å²) in [6.45, 7) is 0. The number of guanidine groups is 1. The zero-order valence-electron chi connectivity index (χ0n) is 6.06. The van der Waals surface area contributed by atoms with Gasteiger partial charge >= 0.3 is 0 Å². The second-order valence-corrected chi connectivity index (χ2v) is 2.27. The number of fused-ring (bicyclic) bond motifs is 1. The summed E-state index contributed by atoms with van der Waals surface area (Å²) >= 11 is 0. The van der Waals surface area contributed by atoms with Crippen LogP contribution in [0, 0.1) is 5.21 Å². The van der Waals surface area contributed by atoms with Crippen LogP contribution in [0.3, 0.4) is 0 Å². The van der Waals surface area contributed by atoms with Gasteiger partial charge in [0.15, 0.2) is 0 Å². The number of pyridine rings is 1. The first-order chi connectivity index (χ1) is 5.77. The molecule has 0 unspecified atom stereocenters. The molecule has 2 rings (SSSR count). The predicted octanol–water partition coefficient (Wildman–Crippen LogP) is -0.150. The zero-order chi connectivity index (χ0) is 8.55. The van der Waals surface area contributed by atoms with Crippen molar-refractivity contribution in [3.8, 4) is 0 Å². The molecule has 62 valence electrons. The van der Waals surface area contributed by atoms with Gasteiger partial charge in [0.1, 0.15) is 0 Å². The SMILES string of the molecule is NC1=Nc2ccncc2N([O-])N1. The van der Waals surface area contributed by atoms with E-state index in [9.17, 15) is 5.21 Å². The molecule has 0 bridgehead atoms. The Kier molecular flexibility index (Phi) is 1.34. The van der Waals surface area contributed by atoms with Gasteiger partial charge in [0.25, 0.3) is 0 Å². The highest BCUT2D eigenvalue weighted by Gasteiger charge is 2.09. The summed E-state index contributed by atoms with van der Waals surface area (Å²) in [5.74, 6) is 0.0868. The Morgan fingerprint density at radius 1 is 1.58 bits per heavy atom. The standard InChI is InChI=1S/C6H6N5O/c7-6-9-4-1-2-8-3-5(4)11(12)10-6/h1-3H,(H3,7,9,10)/q-1. The molecule has 0 fully saturated rings. The first kappa shape index (κ1) is 6.86. The summed E-state index contributed by atoms with van der Waals surface area (Å²) in [5.41, 5.74) is 8.51. The summed E-state index contributed by atoms with van der Waals surface area (Å²) in [6.07, 6.45) is 2.97. The van der Waals surface area contributed by atoms with Crippen LogP contribution in [0.25, 0.3) is 0 Å². The lowest BCUT2D eigenvalue weighted by Crippen LogP contribution is -2.44. The maximum atomic E-state index is 11.1. The van der Waals surface area contributed by atoms with Crippen molar-refractivity contribution < 1.29 is 0 Å². The molecular formula is C6H6N5O-. The highest BCUT2D eigenvalue weighted by Crippen LogP contribution is 2.27. The van der Waals surface area contributed by atoms with Crippen molar-refractivity contribution in [1.29, 1.82) is 0 Å². The minimum Gasteiger partial charge on any atom is -0.739 e. The molecule has 1 aromatic heterocycles. The number of hydrogen-bond acceptors (Lipinski definition) is 6. The molecule has 0 radical (unpaired) electrons. The average Bonchev–Trinajstić information content (AvgIpc) is 2.04. The lowest BCUT2D eigenvalue weighted by molar-refractivity contribution is 0.894.